The van der Waals surface area contributed by atoms with E-state index in [0.29, 0.717) is 5.31 Å². The van der Waals surface area contributed by atoms with E-state index in [1.54, 1.807) is 5.56 Å². The molecule has 1 nitrogen and oxygen atoms in total. The highest BCUT2D eigenvalue weighted by Crippen LogP contribution is 2.52. The fraction of sp³-hybridized carbons (Fsp3) is 0.312. The van der Waals surface area contributed by atoms with Crippen LogP contribution >= 0.6 is 0 Å². The van der Waals surface area contributed by atoms with E-state index in [1.165, 1.54) is 30.4 Å². The molecular weight excluding hydrogens is 217 g/mol. The summed E-state index contributed by atoms with van der Waals surface area (Å²) in [5.74, 6) is 0.923. The lowest BCUT2D eigenvalue weighted by molar-refractivity contribution is 0.198. The molecule has 18 heavy (non-hydrogen) atoms. The Bertz CT molecular complexity index is 600. The number of rotatable bonds is 1. The van der Waals surface area contributed by atoms with Crippen molar-refractivity contribution >= 4 is 7.85 Å². The predicted molar refractivity (Wildman–Crippen MR) is 76.3 cm³/mol. The monoisotopic (exact) mass is 233 g/mol. The largest absolute Gasteiger partial charge is 0.256 e. The maximum Gasteiger partial charge on any atom is 0.115 e. The van der Waals surface area contributed by atoms with Crippen molar-refractivity contribution in [2.45, 2.75) is 24.6 Å². The van der Waals surface area contributed by atoms with Crippen molar-refractivity contribution in [2.24, 2.45) is 5.92 Å². The van der Waals surface area contributed by atoms with Crippen molar-refractivity contribution in [1.82, 2.24) is 4.98 Å². The average Bonchev–Trinajstić information content (AvgIpc) is 2.38. The second-order valence-electron chi connectivity index (χ2n) is 6.13. The summed E-state index contributed by atoms with van der Waals surface area (Å²) in [6, 6.07) is 12.8. The van der Waals surface area contributed by atoms with Crippen LogP contribution in [0.25, 0.3) is 11.3 Å². The van der Waals surface area contributed by atoms with E-state index >= 15 is 0 Å². The van der Waals surface area contributed by atoms with Crippen LogP contribution in [0.15, 0.2) is 42.6 Å². The van der Waals surface area contributed by atoms with Gasteiger partial charge in [-0.1, -0.05) is 30.3 Å². The Morgan fingerprint density at radius 3 is 2.72 bits per heavy atom. The molecule has 1 aromatic heterocycles. The number of benzene rings is 1. The minimum absolute atomic E-state index is 0.435. The maximum atomic E-state index is 4.65. The molecule has 0 unspecified atom stereocenters. The first-order chi connectivity index (χ1) is 8.74. The third kappa shape index (κ3) is 1.38. The van der Waals surface area contributed by atoms with Crippen LogP contribution < -0.4 is 0 Å². The van der Waals surface area contributed by atoms with Crippen LogP contribution in [0, 0.1) is 5.92 Å². The van der Waals surface area contributed by atoms with E-state index in [-0.39, 0.29) is 0 Å². The van der Waals surface area contributed by atoms with Crippen molar-refractivity contribution < 1.29 is 0 Å². The Kier molecular flexibility index (Phi) is 2.00. The quantitative estimate of drug-likeness (QED) is 0.690. The first-order valence-electron chi connectivity index (χ1n) is 6.79. The Hall–Kier alpha value is -1.57. The van der Waals surface area contributed by atoms with E-state index in [9.17, 15) is 0 Å². The lowest BCUT2D eigenvalue weighted by Gasteiger charge is -2.51. The highest BCUT2D eigenvalue weighted by Gasteiger charge is 2.46. The molecule has 0 spiro atoms. The molecule has 0 atom stereocenters. The van der Waals surface area contributed by atoms with E-state index in [2.05, 4.69) is 55.4 Å². The average molecular weight is 233 g/mol. The molecule has 0 radical (unpaired) electrons. The lowest BCUT2D eigenvalue weighted by Crippen LogP contribution is -2.47. The zero-order valence-corrected chi connectivity index (χ0v) is 10.7. The number of nitrogens with zero attached hydrogens (tertiary/aromatic N) is 1. The van der Waals surface area contributed by atoms with Crippen molar-refractivity contribution in [1.29, 1.82) is 0 Å². The zero-order valence-electron chi connectivity index (χ0n) is 10.7. The van der Waals surface area contributed by atoms with Gasteiger partial charge in [0.2, 0.25) is 0 Å². The molecule has 1 saturated carbocycles. The van der Waals surface area contributed by atoms with Crippen LogP contribution in [0.4, 0.5) is 0 Å². The standard InChI is InChI=1S/C16H16BN/c17-16-8-11(9-16)6-13-10-18-15(7-14(13)16)12-4-2-1-3-5-12/h1-5,7,10-11H,6,8-9,17H2. The Labute approximate surface area is 109 Å². The van der Waals surface area contributed by atoms with Crippen molar-refractivity contribution in [3.63, 3.8) is 0 Å². The van der Waals surface area contributed by atoms with Crippen LogP contribution in [0.1, 0.15) is 24.0 Å². The minimum atomic E-state index is 0.435. The third-order valence-corrected chi connectivity index (χ3v) is 4.69. The van der Waals surface area contributed by atoms with Gasteiger partial charge in [0.25, 0.3) is 0 Å². The van der Waals surface area contributed by atoms with Gasteiger partial charge in [0, 0.05) is 11.8 Å². The predicted octanol–water partition coefficient (Wildman–Crippen LogP) is 2.54. The van der Waals surface area contributed by atoms with E-state index in [0.717, 1.165) is 11.6 Å². The Balaban J connectivity index is 1.85. The summed E-state index contributed by atoms with van der Waals surface area (Å²) in [7, 11) is 2.41. The van der Waals surface area contributed by atoms with Gasteiger partial charge >= 0.3 is 0 Å². The third-order valence-electron chi connectivity index (χ3n) is 4.69. The van der Waals surface area contributed by atoms with Gasteiger partial charge in [-0.15, -0.1) is 0 Å². The fourth-order valence-electron chi connectivity index (χ4n) is 3.86. The molecule has 0 N–H and O–H groups in total. The smallest absolute Gasteiger partial charge is 0.115 e. The Morgan fingerprint density at radius 2 is 1.94 bits per heavy atom. The normalized spacial score (nSPS) is 28.3. The number of hydrogen-bond donors (Lipinski definition) is 0. The second-order valence-corrected chi connectivity index (χ2v) is 6.13. The van der Waals surface area contributed by atoms with Crippen LogP contribution in [-0.4, -0.2) is 12.8 Å². The summed E-state index contributed by atoms with van der Waals surface area (Å²) in [6.07, 6.45) is 6.10. The summed E-state index contributed by atoms with van der Waals surface area (Å²) in [5.41, 5.74) is 5.39. The molecule has 88 valence electrons. The molecule has 3 aliphatic carbocycles. The molecule has 0 aliphatic heterocycles. The fourth-order valence-corrected chi connectivity index (χ4v) is 3.86. The molecule has 2 heteroatoms. The lowest BCUT2D eigenvalue weighted by atomic mass is 9.43. The van der Waals surface area contributed by atoms with Crippen LogP contribution in [0.5, 0.6) is 0 Å². The van der Waals surface area contributed by atoms with Gasteiger partial charge in [0.15, 0.2) is 0 Å². The Morgan fingerprint density at radius 1 is 1.17 bits per heavy atom. The first-order valence-corrected chi connectivity index (χ1v) is 6.79. The molecule has 5 rings (SSSR count). The van der Waals surface area contributed by atoms with E-state index in [1.807, 2.05) is 0 Å². The van der Waals surface area contributed by atoms with E-state index in [4.69, 9.17) is 0 Å². The number of pyridine rings is 1. The summed E-state index contributed by atoms with van der Waals surface area (Å²) in [6.45, 7) is 0. The summed E-state index contributed by atoms with van der Waals surface area (Å²) in [5, 5.41) is 0.435. The van der Waals surface area contributed by atoms with Gasteiger partial charge in [-0.3, -0.25) is 4.98 Å². The molecule has 0 amide bonds. The summed E-state index contributed by atoms with van der Waals surface area (Å²) in [4.78, 5) is 4.65. The van der Waals surface area contributed by atoms with Gasteiger partial charge in [-0.2, -0.15) is 0 Å². The number of hydrogen-bond acceptors (Lipinski definition) is 1. The van der Waals surface area contributed by atoms with E-state index < -0.39 is 0 Å². The van der Waals surface area contributed by atoms with Gasteiger partial charge in [-0.05, 0) is 47.7 Å². The van der Waals surface area contributed by atoms with Crippen LogP contribution in [0.2, 0.25) is 0 Å². The van der Waals surface area contributed by atoms with Gasteiger partial charge < -0.3 is 0 Å². The van der Waals surface area contributed by atoms with Gasteiger partial charge in [0.1, 0.15) is 7.85 Å². The highest BCUT2D eigenvalue weighted by atomic mass is 14.7. The molecule has 0 saturated heterocycles. The molecule has 1 fully saturated rings. The first kappa shape index (κ1) is 10.4. The molecule has 3 aliphatic rings. The van der Waals surface area contributed by atoms with Crippen LogP contribution in [-0.2, 0) is 11.7 Å². The molecule has 1 heterocycles. The maximum absolute atomic E-state index is 4.65. The number of aromatic nitrogens is 1. The van der Waals surface area contributed by atoms with Crippen molar-refractivity contribution in [3.05, 3.63) is 53.7 Å². The van der Waals surface area contributed by atoms with Gasteiger partial charge in [0.05, 0.1) is 5.69 Å². The van der Waals surface area contributed by atoms with Crippen molar-refractivity contribution in [3.8, 4) is 11.3 Å². The second kappa shape index (κ2) is 3.47. The summed E-state index contributed by atoms with van der Waals surface area (Å²) < 4.78 is 0. The minimum Gasteiger partial charge on any atom is -0.256 e. The topological polar surface area (TPSA) is 12.9 Å². The molecule has 1 aromatic carbocycles. The van der Waals surface area contributed by atoms with Crippen molar-refractivity contribution in [2.75, 3.05) is 0 Å². The molecule has 2 aromatic rings. The van der Waals surface area contributed by atoms with Crippen LogP contribution in [0.3, 0.4) is 0 Å². The zero-order chi connectivity index (χ0) is 12.2. The highest BCUT2D eigenvalue weighted by molar-refractivity contribution is 6.17. The molecule has 2 bridgehead atoms. The SMILES string of the molecule is BC12CC(Cc3cnc(-c4ccccc4)cc31)C2. The van der Waals surface area contributed by atoms with Gasteiger partial charge in [-0.25, -0.2) is 0 Å². The summed E-state index contributed by atoms with van der Waals surface area (Å²) >= 11 is 0. The molecular formula is C16H16BN.